The Balaban J connectivity index is 0.00000380. The van der Waals surface area contributed by atoms with Crippen molar-refractivity contribution in [3.63, 3.8) is 0 Å². The van der Waals surface area contributed by atoms with Gasteiger partial charge in [-0.3, -0.25) is 0 Å². The van der Waals surface area contributed by atoms with Gasteiger partial charge >= 0.3 is 239 Å². The predicted octanol–water partition coefficient (Wildman–Crippen LogP) is 9.31. The third-order valence-corrected chi connectivity index (χ3v) is 32.3. The van der Waals surface area contributed by atoms with Gasteiger partial charge in [0.2, 0.25) is 0 Å². The molecule has 0 saturated carbocycles. The van der Waals surface area contributed by atoms with Gasteiger partial charge in [-0.1, -0.05) is 0 Å². The van der Waals surface area contributed by atoms with Crippen molar-refractivity contribution in [3.05, 3.63) is 79.8 Å². The van der Waals surface area contributed by atoms with Crippen LogP contribution in [0, 0.1) is 0 Å². The molecule has 0 bridgehead atoms. The summed E-state index contributed by atoms with van der Waals surface area (Å²) in [5, 5.41) is 0. The average molecular weight is 626 g/mol. The summed E-state index contributed by atoms with van der Waals surface area (Å²) in [6.45, 7) is 30.7. The van der Waals surface area contributed by atoms with Gasteiger partial charge < -0.3 is 11.0 Å². The molecule has 1 heterocycles. The van der Waals surface area contributed by atoms with E-state index >= 15 is 0 Å². The molecule has 3 rings (SSSR count). The number of benzene rings is 2. The topological polar surface area (TPSA) is 63.0 Å². The maximum absolute atomic E-state index is 2.56. The summed E-state index contributed by atoms with van der Waals surface area (Å²) in [4.78, 5) is 0. The van der Waals surface area contributed by atoms with E-state index in [1.54, 1.807) is 11.1 Å². The molecule has 0 unspecified atom stereocenters. The molecule has 216 valence electrons. The summed E-state index contributed by atoms with van der Waals surface area (Å²) in [5.41, 5.74) is 10.7. The van der Waals surface area contributed by atoms with Crippen molar-refractivity contribution < 1.29 is 11.0 Å². The van der Waals surface area contributed by atoms with Gasteiger partial charge in [-0.05, 0) is 0 Å². The number of rotatable bonds is 10. The normalized spacial score (nSPS) is 14.8. The SMILES string of the molecule is CC(C)[Si]([C]1=C(c2ccccc2)C(c2ccccc2)=[C]([Si](C(C)C)(C(C)C)C(C)C)[Ge]1)(C(C)C)C(C)C.O.O. The predicted molar refractivity (Wildman–Crippen MR) is 182 cm³/mol. The van der Waals surface area contributed by atoms with Crippen LogP contribution in [0.2, 0.25) is 33.2 Å². The van der Waals surface area contributed by atoms with Crippen LogP contribution in [0.4, 0.5) is 0 Å². The first-order valence-corrected chi connectivity index (χ1v) is 21.3. The Hall–Kier alpha value is -1.18. The quantitative estimate of drug-likeness (QED) is 0.236. The van der Waals surface area contributed by atoms with Crippen LogP contribution in [-0.4, -0.2) is 42.5 Å². The molecule has 0 fully saturated rings. The minimum absolute atomic E-state index is 0. The molecule has 0 aromatic heterocycles. The first kappa shape index (κ1) is 35.8. The minimum atomic E-state index is -1.82. The molecule has 2 aromatic rings. The van der Waals surface area contributed by atoms with Crippen LogP contribution < -0.4 is 0 Å². The Kier molecular flexibility index (Phi) is 13.0. The van der Waals surface area contributed by atoms with E-state index in [9.17, 15) is 0 Å². The Morgan fingerprint density at radius 1 is 0.410 bits per heavy atom. The summed E-state index contributed by atoms with van der Waals surface area (Å²) in [6, 6.07) is 23.1. The number of hydrogen-bond acceptors (Lipinski definition) is 0. The van der Waals surface area contributed by atoms with E-state index in [4.69, 9.17) is 0 Å². The molecule has 4 N–H and O–H groups in total. The second-order valence-corrected chi connectivity index (χ2v) is 29.5. The molecule has 0 spiro atoms. The van der Waals surface area contributed by atoms with Crippen LogP contribution in [0.1, 0.15) is 94.2 Å². The van der Waals surface area contributed by atoms with Crippen LogP contribution in [-0.2, 0) is 0 Å². The van der Waals surface area contributed by atoms with Crippen LogP contribution >= 0.6 is 0 Å². The average Bonchev–Trinajstić information content (AvgIpc) is 3.20. The molecule has 1 aliphatic heterocycles. The van der Waals surface area contributed by atoms with Crippen molar-refractivity contribution in [1.29, 1.82) is 0 Å². The zero-order valence-corrected chi connectivity index (χ0v) is 30.8. The monoisotopic (exact) mass is 626 g/mol. The molecule has 2 radical (unpaired) electrons. The van der Waals surface area contributed by atoms with Gasteiger partial charge in [0.1, 0.15) is 0 Å². The van der Waals surface area contributed by atoms with Crippen LogP contribution in [0.3, 0.4) is 0 Å². The van der Waals surface area contributed by atoms with Gasteiger partial charge in [0, 0.05) is 0 Å². The Morgan fingerprint density at radius 2 is 0.641 bits per heavy atom. The molecule has 2 nitrogen and oxygen atoms in total. The fourth-order valence-corrected chi connectivity index (χ4v) is 39.7. The third kappa shape index (κ3) is 5.92. The van der Waals surface area contributed by atoms with Crippen molar-refractivity contribution in [3.8, 4) is 0 Å². The Bertz CT molecular complexity index is 983. The van der Waals surface area contributed by atoms with Crippen molar-refractivity contribution in [2.24, 2.45) is 0 Å². The van der Waals surface area contributed by atoms with Crippen LogP contribution in [0.15, 0.2) is 68.7 Å². The second-order valence-electron chi connectivity index (χ2n) is 13.2. The summed E-state index contributed by atoms with van der Waals surface area (Å²) in [5.74, 6) is 0. The molecule has 0 saturated heterocycles. The van der Waals surface area contributed by atoms with Crippen LogP contribution in [0.5, 0.6) is 0 Å². The van der Waals surface area contributed by atoms with Crippen molar-refractivity contribution in [2.75, 3.05) is 0 Å². The second kappa shape index (κ2) is 14.1. The summed E-state index contributed by atoms with van der Waals surface area (Å²) in [6.07, 6.45) is 0. The minimum Gasteiger partial charge on any atom is -0.412 e. The van der Waals surface area contributed by atoms with Gasteiger partial charge in [0.05, 0.1) is 0 Å². The molecule has 0 amide bonds. The van der Waals surface area contributed by atoms with E-state index in [1.165, 1.54) is 11.1 Å². The smallest absolute Gasteiger partial charge is 0.412 e. The first-order valence-electron chi connectivity index (χ1n) is 14.7. The summed E-state index contributed by atoms with van der Waals surface area (Å²) < 4.78 is 3.96. The summed E-state index contributed by atoms with van der Waals surface area (Å²) in [7, 11) is -3.65. The molecule has 0 atom stereocenters. The third-order valence-electron chi connectivity index (χ3n) is 9.72. The standard InChI is InChI=1S/C34H52GeSi2.2H2O/c1-23(2)36(24(3)4,25(5)6)33-31(29-19-15-13-16-20-29)32(30-21-17-14-18-22-30)34(35-33)37(26(7)8,27(9)10)28(11)12;;/h13-28H,1-12H3;2*1H2. The zero-order valence-electron chi connectivity index (χ0n) is 26.7. The van der Waals surface area contributed by atoms with E-state index in [0.29, 0.717) is 0 Å². The zero-order chi connectivity index (χ0) is 27.7. The molecule has 2 aromatic carbocycles. The van der Waals surface area contributed by atoms with Gasteiger partial charge in [0.25, 0.3) is 0 Å². The summed E-state index contributed by atoms with van der Waals surface area (Å²) >= 11 is -0.414. The van der Waals surface area contributed by atoms with E-state index < -0.39 is 31.6 Å². The largest absolute Gasteiger partial charge is 0.412 e. The van der Waals surface area contributed by atoms with Crippen LogP contribution in [0.25, 0.3) is 11.1 Å². The van der Waals surface area contributed by atoms with Gasteiger partial charge in [-0.15, -0.1) is 0 Å². The fourth-order valence-electron chi connectivity index (χ4n) is 8.67. The van der Waals surface area contributed by atoms with Gasteiger partial charge in [-0.2, -0.15) is 0 Å². The molecular formula is C34H56GeO2Si2. The maximum atomic E-state index is 2.56. The van der Waals surface area contributed by atoms with Crippen molar-refractivity contribution in [2.45, 2.75) is 116 Å². The molecular weight excluding hydrogens is 569 g/mol. The fraction of sp³-hybridized carbons (Fsp3) is 0.529. The van der Waals surface area contributed by atoms with Crippen molar-refractivity contribution in [1.82, 2.24) is 0 Å². The van der Waals surface area contributed by atoms with Gasteiger partial charge in [0.15, 0.2) is 0 Å². The van der Waals surface area contributed by atoms with E-state index in [1.807, 2.05) is 8.06 Å². The molecule has 1 aliphatic rings. The van der Waals surface area contributed by atoms with E-state index in [0.717, 1.165) is 33.2 Å². The van der Waals surface area contributed by atoms with Crippen molar-refractivity contribution >= 4 is 42.7 Å². The van der Waals surface area contributed by atoms with E-state index in [-0.39, 0.29) is 11.0 Å². The maximum Gasteiger partial charge on any atom is -0.412 e. The van der Waals surface area contributed by atoms with E-state index in [2.05, 4.69) is 144 Å². The molecule has 5 heteroatoms. The Labute approximate surface area is 248 Å². The number of allylic oxidation sites excluding steroid dienone is 2. The Morgan fingerprint density at radius 3 is 0.846 bits per heavy atom. The van der Waals surface area contributed by atoms with Gasteiger partial charge in [-0.25, -0.2) is 0 Å². The first-order chi connectivity index (χ1) is 17.4. The molecule has 39 heavy (non-hydrogen) atoms. The molecule has 0 aliphatic carbocycles. The number of hydrogen-bond donors (Lipinski definition) is 0.